The maximum Gasteiger partial charge on any atom is 0.251 e. The van der Waals surface area contributed by atoms with Crippen molar-refractivity contribution in [1.29, 1.82) is 0 Å². The predicted molar refractivity (Wildman–Crippen MR) is 98.9 cm³/mol. The molecule has 0 radical (unpaired) electrons. The van der Waals surface area contributed by atoms with Gasteiger partial charge >= 0.3 is 0 Å². The molecule has 0 aliphatic rings. The summed E-state index contributed by atoms with van der Waals surface area (Å²) in [5, 5.41) is 2.90. The number of sulfonamides is 1. The molecule has 0 heterocycles. The van der Waals surface area contributed by atoms with Crippen LogP contribution >= 0.6 is 0 Å². The molecule has 0 saturated heterocycles. The zero-order valence-electron chi connectivity index (χ0n) is 14.8. The van der Waals surface area contributed by atoms with Crippen LogP contribution in [-0.2, 0) is 10.0 Å². The molecule has 6 heteroatoms. The molecule has 0 aromatic heterocycles. The Morgan fingerprint density at radius 3 is 2.28 bits per heavy atom. The summed E-state index contributed by atoms with van der Waals surface area (Å²) >= 11 is 0. The van der Waals surface area contributed by atoms with Gasteiger partial charge in [0, 0.05) is 18.7 Å². The van der Waals surface area contributed by atoms with Crippen LogP contribution in [-0.4, -0.2) is 31.7 Å². The Bertz CT molecular complexity index is 816. The molecule has 0 aliphatic heterocycles. The molecule has 2 rings (SSSR count). The number of nitrogens with zero attached hydrogens (tertiary/aromatic N) is 1. The van der Waals surface area contributed by atoms with Gasteiger partial charge in [-0.05, 0) is 30.7 Å². The highest BCUT2D eigenvalue weighted by Crippen LogP contribution is 2.18. The molecule has 2 aromatic rings. The van der Waals surface area contributed by atoms with E-state index in [1.807, 2.05) is 37.3 Å². The molecule has 134 valence electrons. The van der Waals surface area contributed by atoms with E-state index in [4.69, 9.17) is 0 Å². The number of nitrogens with one attached hydrogen (secondary N) is 1. The minimum Gasteiger partial charge on any atom is -0.346 e. The molecule has 2 aromatic carbocycles. The average Bonchev–Trinajstić information content (AvgIpc) is 2.63. The van der Waals surface area contributed by atoms with Gasteiger partial charge in [-0.1, -0.05) is 50.2 Å². The Labute approximate surface area is 149 Å². The maximum atomic E-state index is 12.6. The largest absolute Gasteiger partial charge is 0.346 e. The van der Waals surface area contributed by atoms with Gasteiger partial charge < -0.3 is 5.32 Å². The van der Waals surface area contributed by atoms with Gasteiger partial charge in [-0.3, -0.25) is 4.79 Å². The second kappa shape index (κ2) is 8.27. The third kappa shape index (κ3) is 4.46. The Morgan fingerprint density at radius 2 is 1.68 bits per heavy atom. The van der Waals surface area contributed by atoms with Crippen LogP contribution < -0.4 is 5.32 Å². The number of hydrogen-bond donors (Lipinski definition) is 1. The Kier molecular flexibility index (Phi) is 6.33. The minimum atomic E-state index is -3.58. The summed E-state index contributed by atoms with van der Waals surface area (Å²) in [7, 11) is -3.58. The molecular weight excluding hydrogens is 336 g/mol. The van der Waals surface area contributed by atoms with E-state index in [9.17, 15) is 13.2 Å². The SMILES string of the molecule is CCN(CC)S(=O)(=O)c1cccc(C(=O)N[C@@H](C)c2ccccc2)c1. The smallest absolute Gasteiger partial charge is 0.251 e. The van der Waals surface area contributed by atoms with Crippen LogP contribution in [0.3, 0.4) is 0 Å². The lowest BCUT2D eigenvalue weighted by Gasteiger charge is -2.19. The van der Waals surface area contributed by atoms with Gasteiger partial charge in [-0.25, -0.2) is 8.42 Å². The van der Waals surface area contributed by atoms with Crippen molar-refractivity contribution in [1.82, 2.24) is 9.62 Å². The van der Waals surface area contributed by atoms with Crippen molar-refractivity contribution < 1.29 is 13.2 Å². The molecule has 0 unspecified atom stereocenters. The molecular formula is C19H24N2O3S. The third-order valence-electron chi connectivity index (χ3n) is 4.09. The summed E-state index contributed by atoms with van der Waals surface area (Å²) in [6.07, 6.45) is 0. The van der Waals surface area contributed by atoms with Crippen molar-refractivity contribution in [3.8, 4) is 0 Å². The first-order valence-corrected chi connectivity index (χ1v) is 9.80. The normalized spacial score (nSPS) is 12.8. The zero-order valence-corrected chi connectivity index (χ0v) is 15.6. The Balaban J connectivity index is 2.22. The van der Waals surface area contributed by atoms with Crippen molar-refractivity contribution in [3.05, 3.63) is 65.7 Å². The van der Waals surface area contributed by atoms with Crippen LogP contribution in [0.25, 0.3) is 0 Å². The van der Waals surface area contributed by atoms with Crippen molar-refractivity contribution in [2.45, 2.75) is 31.7 Å². The lowest BCUT2D eigenvalue weighted by Crippen LogP contribution is -2.31. The van der Waals surface area contributed by atoms with Crippen molar-refractivity contribution in [2.24, 2.45) is 0 Å². The molecule has 0 saturated carbocycles. The summed E-state index contributed by atoms with van der Waals surface area (Å²) in [6.45, 7) is 6.25. The van der Waals surface area contributed by atoms with E-state index in [2.05, 4.69) is 5.32 Å². The topological polar surface area (TPSA) is 66.5 Å². The van der Waals surface area contributed by atoms with E-state index in [-0.39, 0.29) is 16.8 Å². The molecule has 0 aliphatic carbocycles. The van der Waals surface area contributed by atoms with E-state index in [0.29, 0.717) is 18.7 Å². The monoisotopic (exact) mass is 360 g/mol. The van der Waals surface area contributed by atoms with Gasteiger partial charge in [0.1, 0.15) is 0 Å². The summed E-state index contributed by atoms with van der Waals surface area (Å²) in [6, 6.07) is 15.6. The number of amides is 1. The van der Waals surface area contributed by atoms with Crippen LogP contribution in [0.4, 0.5) is 0 Å². The van der Waals surface area contributed by atoms with E-state index in [1.165, 1.54) is 16.4 Å². The van der Waals surface area contributed by atoms with E-state index >= 15 is 0 Å². The van der Waals surface area contributed by atoms with Crippen molar-refractivity contribution in [3.63, 3.8) is 0 Å². The van der Waals surface area contributed by atoms with Crippen LogP contribution in [0.15, 0.2) is 59.5 Å². The van der Waals surface area contributed by atoms with Gasteiger partial charge in [-0.2, -0.15) is 4.31 Å². The summed E-state index contributed by atoms with van der Waals surface area (Å²) in [5.41, 5.74) is 1.32. The zero-order chi connectivity index (χ0) is 18.4. The number of rotatable bonds is 7. The number of carbonyl (C=O) groups excluding carboxylic acids is 1. The highest BCUT2D eigenvalue weighted by molar-refractivity contribution is 7.89. The van der Waals surface area contributed by atoms with Crippen molar-refractivity contribution in [2.75, 3.05) is 13.1 Å². The van der Waals surface area contributed by atoms with Gasteiger partial charge in [0.25, 0.3) is 5.91 Å². The van der Waals surface area contributed by atoms with Gasteiger partial charge in [0.15, 0.2) is 0 Å². The minimum absolute atomic E-state index is 0.135. The molecule has 5 nitrogen and oxygen atoms in total. The molecule has 1 atom stereocenters. The molecule has 1 amide bonds. The fourth-order valence-corrected chi connectivity index (χ4v) is 4.12. The quantitative estimate of drug-likeness (QED) is 0.824. The first-order chi connectivity index (χ1) is 11.9. The van der Waals surface area contributed by atoms with Crippen LogP contribution in [0, 0.1) is 0 Å². The fourth-order valence-electron chi connectivity index (χ4n) is 2.62. The van der Waals surface area contributed by atoms with E-state index in [0.717, 1.165) is 5.56 Å². The molecule has 0 fully saturated rings. The molecule has 1 N–H and O–H groups in total. The molecule has 0 spiro atoms. The van der Waals surface area contributed by atoms with Crippen LogP contribution in [0.5, 0.6) is 0 Å². The van der Waals surface area contributed by atoms with Crippen molar-refractivity contribution >= 4 is 15.9 Å². The highest BCUT2D eigenvalue weighted by Gasteiger charge is 2.22. The number of carbonyl (C=O) groups is 1. The lowest BCUT2D eigenvalue weighted by atomic mass is 10.1. The van der Waals surface area contributed by atoms with E-state index < -0.39 is 10.0 Å². The standard InChI is InChI=1S/C19H24N2O3S/c1-4-21(5-2)25(23,24)18-13-9-12-17(14-18)19(22)20-15(3)16-10-7-6-8-11-16/h6-15H,4-5H2,1-3H3,(H,20,22)/t15-/m0/s1. The predicted octanol–water partition coefficient (Wildman–Crippen LogP) is 3.21. The Hall–Kier alpha value is -2.18. The fraction of sp³-hybridized carbons (Fsp3) is 0.316. The first-order valence-electron chi connectivity index (χ1n) is 8.36. The van der Waals surface area contributed by atoms with Gasteiger partial charge in [0.05, 0.1) is 10.9 Å². The summed E-state index contributed by atoms with van der Waals surface area (Å²) in [5.74, 6) is -0.298. The number of hydrogen-bond acceptors (Lipinski definition) is 3. The Morgan fingerprint density at radius 1 is 1.04 bits per heavy atom. The van der Waals surface area contributed by atoms with Crippen LogP contribution in [0.2, 0.25) is 0 Å². The van der Waals surface area contributed by atoms with Crippen LogP contribution in [0.1, 0.15) is 42.7 Å². The van der Waals surface area contributed by atoms with E-state index in [1.54, 1.807) is 26.0 Å². The van der Waals surface area contributed by atoms with Gasteiger partial charge in [0.2, 0.25) is 10.0 Å². The average molecular weight is 360 g/mol. The van der Waals surface area contributed by atoms with Gasteiger partial charge in [-0.15, -0.1) is 0 Å². The number of benzene rings is 2. The maximum absolute atomic E-state index is 12.6. The third-order valence-corrected chi connectivity index (χ3v) is 6.13. The lowest BCUT2D eigenvalue weighted by molar-refractivity contribution is 0.0939. The first kappa shape index (κ1) is 19.1. The highest BCUT2D eigenvalue weighted by atomic mass is 32.2. The molecule has 0 bridgehead atoms. The second-order valence-electron chi connectivity index (χ2n) is 5.72. The second-order valence-corrected chi connectivity index (χ2v) is 7.66. The molecule has 25 heavy (non-hydrogen) atoms. The summed E-state index contributed by atoms with van der Waals surface area (Å²) < 4.78 is 26.6. The summed E-state index contributed by atoms with van der Waals surface area (Å²) in [4.78, 5) is 12.6.